The summed E-state index contributed by atoms with van der Waals surface area (Å²) in [7, 11) is 3.68. The molecule has 0 radical (unpaired) electrons. The van der Waals surface area contributed by atoms with Gasteiger partial charge >= 0.3 is 6.01 Å². The van der Waals surface area contributed by atoms with E-state index in [-0.39, 0.29) is 5.91 Å². The molecule has 0 fully saturated rings. The van der Waals surface area contributed by atoms with Gasteiger partial charge in [-0.25, -0.2) is 18.1 Å². The Labute approximate surface area is 271 Å². The molecule has 1 aliphatic rings. The molecule has 11 nitrogen and oxygen atoms in total. The fourth-order valence-corrected chi connectivity index (χ4v) is 6.05. The van der Waals surface area contributed by atoms with Gasteiger partial charge < -0.3 is 15.2 Å². The second-order valence-corrected chi connectivity index (χ2v) is 11.3. The van der Waals surface area contributed by atoms with Crippen LogP contribution in [0.4, 0.5) is 11.8 Å². The van der Waals surface area contributed by atoms with Crippen LogP contribution in [-0.4, -0.2) is 52.4 Å². The summed E-state index contributed by atoms with van der Waals surface area (Å²) in [6.07, 6.45) is 1.58. The molecule has 5 rings (SSSR count). The fourth-order valence-electron chi connectivity index (χ4n) is 4.49. The summed E-state index contributed by atoms with van der Waals surface area (Å²) in [5.74, 6) is 1.03. The SMILES string of the molecule is Bc1ccc2nc(N(I)C3=NC(c4ccccc4C)C(C(=O)Nc4ccc(/C(N=C)=N/NC)cn4)=C(C)N3I)oc2c1. The van der Waals surface area contributed by atoms with Crippen LogP contribution in [0.25, 0.3) is 11.1 Å². The van der Waals surface area contributed by atoms with Crippen LogP contribution in [0, 0.1) is 6.92 Å². The second-order valence-electron chi connectivity index (χ2n) is 9.42. The average molecular weight is 785 g/mol. The summed E-state index contributed by atoms with van der Waals surface area (Å²) >= 11 is 4.28. The number of aromatic nitrogens is 2. The molecule has 14 heteroatoms. The van der Waals surface area contributed by atoms with E-state index in [1.165, 1.54) is 0 Å². The van der Waals surface area contributed by atoms with Crippen LogP contribution in [0.2, 0.25) is 0 Å². The maximum Gasteiger partial charge on any atom is 0.314 e. The lowest BCUT2D eigenvalue weighted by Gasteiger charge is -2.33. The lowest BCUT2D eigenvalue weighted by atomic mass is 9.92. The van der Waals surface area contributed by atoms with Gasteiger partial charge in [-0.3, -0.25) is 7.91 Å². The number of benzene rings is 2. The van der Waals surface area contributed by atoms with Gasteiger partial charge in [0.15, 0.2) is 11.4 Å². The van der Waals surface area contributed by atoms with Crippen LogP contribution in [0.1, 0.15) is 29.7 Å². The van der Waals surface area contributed by atoms with E-state index in [0.29, 0.717) is 40.3 Å². The number of aliphatic imine (C=N–C) groups is 2. The highest BCUT2D eigenvalue weighted by molar-refractivity contribution is 14.1. The maximum absolute atomic E-state index is 13.9. The molecule has 3 heterocycles. The van der Waals surface area contributed by atoms with Crippen molar-refractivity contribution in [2.45, 2.75) is 19.9 Å². The first-order valence-electron chi connectivity index (χ1n) is 12.8. The van der Waals surface area contributed by atoms with Gasteiger partial charge in [0.1, 0.15) is 25.2 Å². The van der Waals surface area contributed by atoms with Crippen LogP contribution in [-0.2, 0) is 4.79 Å². The number of amidine groups is 1. The Morgan fingerprint density at radius 2 is 1.98 bits per heavy atom. The number of carbonyl (C=O) groups excluding carboxylic acids is 1. The Balaban J connectivity index is 1.51. The number of hydrogen-bond acceptors (Lipinski definition) is 9. The first-order valence-corrected chi connectivity index (χ1v) is 14.8. The van der Waals surface area contributed by atoms with Crippen molar-refractivity contribution < 1.29 is 9.21 Å². The minimum atomic E-state index is -0.588. The largest absolute Gasteiger partial charge is 0.423 e. The van der Waals surface area contributed by atoms with E-state index < -0.39 is 6.04 Å². The highest BCUT2D eigenvalue weighted by Gasteiger charge is 2.36. The number of pyridine rings is 1. The van der Waals surface area contributed by atoms with E-state index in [1.807, 2.05) is 67.3 Å². The number of allylic oxidation sites excluding steroid dienone is 1. The minimum absolute atomic E-state index is 0.311. The Hall–Kier alpha value is -3.80. The number of guanidine groups is 1. The third-order valence-corrected chi connectivity index (χ3v) is 8.61. The van der Waals surface area contributed by atoms with Crippen LogP contribution < -0.4 is 19.3 Å². The summed E-state index contributed by atoms with van der Waals surface area (Å²) < 4.78 is 9.68. The number of anilines is 2. The molecule has 0 saturated heterocycles. The number of hydrogen-bond donors (Lipinski definition) is 2. The number of amides is 1. The molecule has 1 amide bonds. The molecule has 0 saturated carbocycles. The Kier molecular flexibility index (Phi) is 8.91. The molecular formula is C28H26BI2N9O2. The molecule has 212 valence electrons. The number of halogens is 2. The summed E-state index contributed by atoms with van der Waals surface area (Å²) in [4.78, 5) is 31.9. The highest BCUT2D eigenvalue weighted by atomic mass is 127. The zero-order valence-corrected chi connectivity index (χ0v) is 27.6. The van der Waals surface area contributed by atoms with Gasteiger partial charge in [-0.2, -0.15) is 10.1 Å². The average Bonchev–Trinajstić information content (AvgIpc) is 3.41. The highest BCUT2D eigenvalue weighted by Crippen LogP contribution is 2.39. The number of rotatable bonds is 6. The monoisotopic (exact) mass is 785 g/mol. The van der Waals surface area contributed by atoms with Gasteiger partial charge in [0.2, 0.25) is 5.96 Å². The molecule has 0 bridgehead atoms. The molecule has 1 aliphatic heterocycles. The van der Waals surface area contributed by atoms with E-state index in [4.69, 9.17) is 9.41 Å². The Morgan fingerprint density at radius 1 is 1.19 bits per heavy atom. The first kappa shape index (κ1) is 29.7. The Bertz CT molecular complexity index is 1770. The number of oxazole rings is 1. The van der Waals surface area contributed by atoms with Gasteiger partial charge in [-0.15, -0.1) is 0 Å². The lowest BCUT2D eigenvalue weighted by molar-refractivity contribution is -0.113. The lowest BCUT2D eigenvalue weighted by Crippen LogP contribution is -2.39. The van der Waals surface area contributed by atoms with Crippen LogP contribution in [0.3, 0.4) is 0 Å². The van der Waals surface area contributed by atoms with Crippen molar-refractivity contribution in [1.29, 1.82) is 0 Å². The zero-order chi connectivity index (χ0) is 30.0. The third kappa shape index (κ3) is 5.90. The van der Waals surface area contributed by atoms with Gasteiger partial charge in [0, 0.05) is 24.5 Å². The van der Waals surface area contributed by atoms with Crippen LogP contribution in [0.15, 0.2) is 91.6 Å². The van der Waals surface area contributed by atoms with Crippen molar-refractivity contribution in [2.75, 3.05) is 15.5 Å². The van der Waals surface area contributed by atoms with Gasteiger partial charge in [0.05, 0.1) is 51.3 Å². The molecule has 0 spiro atoms. The van der Waals surface area contributed by atoms with Crippen LogP contribution in [0.5, 0.6) is 0 Å². The summed E-state index contributed by atoms with van der Waals surface area (Å²) in [5, 5.41) is 7.01. The van der Waals surface area contributed by atoms with Crippen molar-refractivity contribution in [1.82, 2.24) is 18.5 Å². The van der Waals surface area contributed by atoms with Gasteiger partial charge in [-0.1, -0.05) is 35.8 Å². The molecule has 1 atom stereocenters. The van der Waals surface area contributed by atoms with E-state index in [2.05, 4.69) is 83.3 Å². The van der Waals surface area contributed by atoms with Gasteiger partial charge in [-0.05, 0) is 56.0 Å². The number of carbonyl (C=O) groups is 1. The molecular weight excluding hydrogens is 759 g/mol. The third-order valence-electron chi connectivity index (χ3n) is 6.61. The normalized spacial score (nSPS) is 15.5. The predicted molar refractivity (Wildman–Crippen MR) is 187 cm³/mol. The quantitative estimate of drug-likeness (QED) is 0.0751. The van der Waals surface area contributed by atoms with E-state index in [1.54, 1.807) is 28.5 Å². The van der Waals surface area contributed by atoms with Gasteiger partial charge in [0.25, 0.3) is 5.91 Å². The van der Waals surface area contributed by atoms with Crippen molar-refractivity contribution in [3.63, 3.8) is 0 Å². The van der Waals surface area contributed by atoms with E-state index >= 15 is 0 Å². The number of hydrazone groups is 1. The molecule has 2 aromatic heterocycles. The van der Waals surface area contributed by atoms with Crippen molar-refractivity contribution >= 4 is 106 Å². The van der Waals surface area contributed by atoms with Crippen LogP contribution >= 0.6 is 45.7 Å². The molecule has 4 aromatic rings. The smallest absolute Gasteiger partial charge is 0.314 e. The standard InChI is InChI=1S/C28H26BI2N9O2/c1-15-7-5-6-8-19(15)24-23(26(41)36-22-12-9-17(14-34-22)25(32-3)38-33-4)16(2)39(30)27(37-24)40(31)28-35-20-11-10-18(29)13-21(20)42-28/h5-14,24,33H,3,29H2,1-2,4H3,(H,34,36,41)/b38-25-. The van der Waals surface area contributed by atoms with Crippen molar-refractivity contribution in [2.24, 2.45) is 15.1 Å². The molecule has 1 unspecified atom stereocenters. The van der Waals surface area contributed by atoms with Crippen molar-refractivity contribution in [3.8, 4) is 0 Å². The van der Waals surface area contributed by atoms with Crippen molar-refractivity contribution in [3.05, 3.63) is 88.8 Å². The number of nitrogens with one attached hydrogen (secondary N) is 2. The van der Waals surface area contributed by atoms with E-state index in [0.717, 1.165) is 27.8 Å². The summed E-state index contributed by atoms with van der Waals surface area (Å²) in [6, 6.07) is 17.1. The summed E-state index contributed by atoms with van der Waals surface area (Å²) in [6.45, 7) is 7.45. The zero-order valence-electron chi connectivity index (χ0n) is 23.3. The first-order chi connectivity index (χ1) is 20.2. The molecule has 0 aliphatic carbocycles. The number of aryl methyl sites for hydroxylation is 1. The predicted octanol–water partition coefficient (Wildman–Crippen LogP) is 4.20. The Morgan fingerprint density at radius 3 is 2.67 bits per heavy atom. The minimum Gasteiger partial charge on any atom is -0.423 e. The maximum atomic E-state index is 13.9. The molecule has 42 heavy (non-hydrogen) atoms. The molecule has 2 aromatic carbocycles. The second kappa shape index (κ2) is 12.6. The topological polar surface area (TPSA) is 124 Å². The number of fused-ring (bicyclic) bond motifs is 1. The van der Waals surface area contributed by atoms with E-state index in [9.17, 15) is 4.79 Å². The summed E-state index contributed by atoms with van der Waals surface area (Å²) in [5.41, 5.74) is 9.02. The number of nitrogens with zero attached hydrogens (tertiary/aromatic N) is 7. The molecule has 2 N–H and O–H groups in total. The fraction of sp³-hybridized carbons (Fsp3) is 0.143.